The van der Waals surface area contributed by atoms with Crippen molar-refractivity contribution < 1.29 is 14.9 Å². The molecule has 1 aliphatic rings. The van der Waals surface area contributed by atoms with Gasteiger partial charge in [0.25, 0.3) is 5.91 Å². The number of benzene rings is 1. The van der Waals surface area contributed by atoms with E-state index in [-0.39, 0.29) is 23.6 Å². The van der Waals surface area contributed by atoms with Crippen LogP contribution in [0.5, 0.6) is 0 Å². The zero-order valence-corrected chi connectivity index (χ0v) is 16.6. The molecule has 1 heterocycles. The molecular formula is C17H24N5O2S2+. The van der Waals surface area contributed by atoms with Crippen LogP contribution in [0.2, 0.25) is 0 Å². The van der Waals surface area contributed by atoms with Crippen LogP contribution in [-0.2, 0) is 9.59 Å². The molecule has 9 heteroatoms. The molecule has 0 radical (unpaired) electrons. The quantitative estimate of drug-likeness (QED) is 0.491. The van der Waals surface area contributed by atoms with Gasteiger partial charge in [0.2, 0.25) is 5.12 Å². The fourth-order valence-corrected chi connectivity index (χ4v) is 3.54. The zero-order valence-electron chi connectivity index (χ0n) is 14.9. The van der Waals surface area contributed by atoms with Gasteiger partial charge in [-0.1, -0.05) is 11.8 Å². The number of quaternary nitrogens is 1. The van der Waals surface area contributed by atoms with Crippen molar-refractivity contribution in [3.05, 3.63) is 35.9 Å². The predicted molar refractivity (Wildman–Crippen MR) is 108 cm³/mol. The molecule has 2 rings (SSSR count). The largest absolute Gasteiger partial charge is 0.378 e. The van der Waals surface area contributed by atoms with Crippen LogP contribution in [-0.4, -0.2) is 49.3 Å². The van der Waals surface area contributed by atoms with Crippen LogP contribution >= 0.6 is 23.5 Å². The average molecular weight is 395 g/mol. The lowest BCUT2D eigenvalue weighted by Crippen LogP contribution is -2.81. The first kappa shape index (κ1) is 20.5. The molecule has 0 aromatic heterocycles. The van der Waals surface area contributed by atoms with Gasteiger partial charge < -0.3 is 15.5 Å². The summed E-state index contributed by atoms with van der Waals surface area (Å²) in [7, 11) is 3.99. The number of nitrogens with zero attached hydrogens (tertiary/aromatic N) is 3. The van der Waals surface area contributed by atoms with Crippen molar-refractivity contribution in [2.45, 2.75) is 12.5 Å². The monoisotopic (exact) mass is 394 g/mol. The summed E-state index contributed by atoms with van der Waals surface area (Å²) in [6.45, 7) is 0.269. The topological polar surface area (TPSA) is 90.7 Å². The zero-order chi connectivity index (χ0) is 18.8. The lowest BCUT2D eigenvalue weighted by molar-refractivity contribution is -0.575. The van der Waals surface area contributed by atoms with E-state index in [1.165, 1.54) is 23.5 Å². The second kappa shape index (κ2) is 11.0. The van der Waals surface area contributed by atoms with Crippen molar-refractivity contribution in [2.24, 2.45) is 10.2 Å². The van der Waals surface area contributed by atoms with Gasteiger partial charge in [0, 0.05) is 30.9 Å². The van der Waals surface area contributed by atoms with E-state index in [2.05, 4.69) is 15.5 Å². The summed E-state index contributed by atoms with van der Waals surface area (Å²) < 4.78 is 0. The summed E-state index contributed by atoms with van der Waals surface area (Å²) >= 11 is 2.78. The van der Waals surface area contributed by atoms with Crippen molar-refractivity contribution in [2.75, 3.05) is 37.2 Å². The molecule has 1 amide bonds. The summed E-state index contributed by atoms with van der Waals surface area (Å²) in [4.78, 5) is 25.2. The summed E-state index contributed by atoms with van der Waals surface area (Å²) in [6.07, 6.45) is 2.54. The van der Waals surface area contributed by atoms with Gasteiger partial charge in [0.05, 0.1) is 17.9 Å². The third kappa shape index (κ3) is 7.19. The van der Waals surface area contributed by atoms with Gasteiger partial charge >= 0.3 is 0 Å². The molecule has 1 aliphatic heterocycles. The SMILES string of the molecule is CN(C)c1ccc(N=NCSC=C[NH2+]CC(=O)NC2CCSC2=O)cc1. The van der Waals surface area contributed by atoms with Crippen LogP contribution in [0.4, 0.5) is 11.4 Å². The first-order chi connectivity index (χ1) is 12.6. The summed E-state index contributed by atoms with van der Waals surface area (Å²) in [5, 5.41) is 14.7. The Hall–Kier alpha value is -1.84. The van der Waals surface area contributed by atoms with E-state index in [1.54, 1.807) is 5.32 Å². The maximum absolute atomic E-state index is 11.7. The molecule has 1 fully saturated rings. The number of nitrogens with two attached hydrogens (primary N) is 1. The third-order valence-corrected chi connectivity index (χ3v) is 5.19. The highest BCUT2D eigenvalue weighted by Crippen LogP contribution is 2.19. The molecule has 0 aliphatic carbocycles. The number of anilines is 1. The fourth-order valence-electron chi connectivity index (χ4n) is 2.17. The van der Waals surface area contributed by atoms with Crippen LogP contribution in [0.15, 0.2) is 46.1 Å². The minimum atomic E-state index is -0.313. The highest BCUT2D eigenvalue weighted by atomic mass is 32.2. The predicted octanol–water partition coefficient (Wildman–Crippen LogP) is 1.71. The van der Waals surface area contributed by atoms with Crippen LogP contribution in [0.1, 0.15) is 6.42 Å². The lowest BCUT2D eigenvalue weighted by Gasteiger charge is -2.11. The van der Waals surface area contributed by atoms with Crippen molar-refractivity contribution in [1.82, 2.24) is 5.32 Å². The fraction of sp³-hybridized carbons (Fsp3) is 0.412. The molecule has 26 heavy (non-hydrogen) atoms. The van der Waals surface area contributed by atoms with E-state index < -0.39 is 0 Å². The second-order valence-corrected chi connectivity index (χ2v) is 7.76. The number of hydrogen-bond donors (Lipinski definition) is 2. The van der Waals surface area contributed by atoms with Crippen LogP contribution in [0, 0.1) is 0 Å². The molecule has 1 unspecified atom stereocenters. The van der Waals surface area contributed by atoms with Gasteiger partial charge in [-0.25, -0.2) is 0 Å². The Morgan fingerprint density at radius 3 is 2.85 bits per heavy atom. The van der Waals surface area contributed by atoms with Gasteiger partial charge in [-0.05, 0) is 30.7 Å². The Morgan fingerprint density at radius 2 is 2.19 bits per heavy atom. The molecule has 7 nitrogen and oxygen atoms in total. The number of amides is 1. The number of thioether (sulfide) groups is 2. The average Bonchev–Trinajstić information content (AvgIpc) is 3.02. The Morgan fingerprint density at radius 1 is 1.42 bits per heavy atom. The van der Waals surface area contributed by atoms with E-state index in [4.69, 9.17) is 0 Å². The smallest absolute Gasteiger partial charge is 0.276 e. The Bertz CT molecular complexity index is 662. The van der Waals surface area contributed by atoms with Crippen molar-refractivity contribution in [3.63, 3.8) is 0 Å². The van der Waals surface area contributed by atoms with Gasteiger partial charge in [-0.15, -0.1) is 11.8 Å². The molecule has 1 aromatic rings. The number of carbonyl (C=O) groups excluding carboxylic acids is 2. The Labute approximate surface area is 162 Å². The van der Waals surface area contributed by atoms with E-state index in [0.29, 0.717) is 5.88 Å². The lowest BCUT2D eigenvalue weighted by atomic mass is 10.2. The molecule has 140 valence electrons. The highest BCUT2D eigenvalue weighted by Gasteiger charge is 2.26. The summed E-state index contributed by atoms with van der Waals surface area (Å²) in [5.74, 6) is 1.18. The molecule has 0 spiro atoms. The van der Waals surface area contributed by atoms with Gasteiger partial charge in [0.1, 0.15) is 5.88 Å². The summed E-state index contributed by atoms with van der Waals surface area (Å²) in [5.41, 5.74) is 1.94. The molecule has 1 saturated heterocycles. The third-order valence-electron chi connectivity index (χ3n) is 3.57. The van der Waals surface area contributed by atoms with E-state index in [1.807, 2.05) is 54.9 Å². The molecular weight excluding hydrogens is 370 g/mol. The number of hydrogen-bond acceptors (Lipinski definition) is 7. The highest BCUT2D eigenvalue weighted by molar-refractivity contribution is 8.14. The number of azo groups is 1. The van der Waals surface area contributed by atoms with Crippen LogP contribution in [0.25, 0.3) is 0 Å². The van der Waals surface area contributed by atoms with Gasteiger partial charge in [0.15, 0.2) is 6.54 Å². The normalized spacial score (nSPS) is 17.3. The van der Waals surface area contributed by atoms with Crippen molar-refractivity contribution in [3.8, 4) is 0 Å². The molecule has 1 aromatic carbocycles. The first-order valence-electron chi connectivity index (χ1n) is 8.27. The minimum absolute atomic E-state index is 0.0613. The molecule has 0 bridgehead atoms. The first-order valence-corrected chi connectivity index (χ1v) is 10.3. The van der Waals surface area contributed by atoms with Crippen molar-refractivity contribution in [1.29, 1.82) is 0 Å². The second-order valence-electron chi connectivity index (χ2n) is 5.79. The van der Waals surface area contributed by atoms with Crippen LogP contribution in [0.3, 0.4) is 0 Å². The Balaban J connectivity index is 1.57. The van der Waals surface area contributed by atoms with Gasteiger partial charge in [-0.3, -0.25) is 9.59 Å². The van der Waals surface area contributed by atoms with E-state index in [0.717, 1.165) is 23.5 Å². The molecule has 0 saturated carbocycles. The maximum atomic E-state index is 11.7. The van der Waals surface area contributed by atoms with E-state index in [9.17, 15) is 9.59 Å². The number of carbonyl (C=O) groups is 2. The number of nitrogens with one attached hydrogen (secondary N) is 1. The number of rotatable bonds is 9. The van der Waals surface area contributed by atoms with Crippen LogP contribution < -0.4 is 15.5 Å². The summed E-state index contributed by atoms with van der Waals surface area (Å²) in [6, 6.07) is 7.54. The van der Waals surface area contributed by atoms with E-state index >= 15 is 0 Å². The van der Waals surface area contributed by atoms with Gasteiger partial charge in [-0.2, -0.15) is 10.2 Å². The minimum Gasteiger partial charge on any atom is -0.378 e. The maximum Gasteiger partial charge on any atom is 0.276 e. The molecule has 3 N–H and O–H groups in total. The standard InChI is InChI=1S/C17H23N5O2S2/c1-22(2)14-5-3-13(4-6-14)21-19-12-25-10-8-18-11-16(23)20-15-7-9-26-17(15)24/h3-6,8,10,15,18H,7,9,11-12H2,1-2H3,(H,20,23)/p+1. The Kier molecular flexibility index (Phi) is 8.66. The molecule has 1 atom stereocenters. The van der Waals surface area contributed by atoms with Crippen molar-refractivity contribution >= 4 is 45.9 Å².